The molecular formula is C18H22N4O3S. The van der Waals surface area contributed by atoms with E-state index < -0.39 is 6.10 Å². The number of aliphatic hydroxyl groups excluding tert-OH is 1. The molecule has 7 nitrogen and oxygen atoms in total. The number of likely N-dealkylation sites (tertiary alicyclic amines) is 1. The molecule has 0 bridgehead atoms. The molecule has 0 radical (unpaired) electrons. The molecule has 2 atom stereocenters. The Balaban J connectivity index is 1.49. The summed E-state index contributed by atoms with van der Waals surface area (Å²) >= 11 is 1.56. The first-order valence-electron chi connectivity index (χ1n) is 8.61. The first-order chi connectivity index (χ1) is 12.5. The van der Waals surface area contributed by atoms with Crippen molar-refractivity contribution in [2.75, 3.05) is 13.1 Å². The third kappa shape index (κ3) is 4.44. The molecule has 1 aliphatic heterocycles. The molecule has 8 heteroatoms. The number of carbonyl (C=O) groups excluding carboxylic acids is 2. The van der Waals surface area contributed by atoms with E-state index in [4.69, 9.17) is 0 Å². The lowest BCUT2D eigenvalue weighted by molar-refractivity contribution is -0.134. The maximum atomic E-state index is 12.4. The van der Waals surface area contributed by atoms with Crippen molar-refractivity contribution in [3.8, 4) is 0 Å². The van der Waals surface area contributed by atoms with Crippen LogP contribution in [-0.4, -0.2) is 57.0 Å². The van der Waals surface area contributed by atoms with Gasteiger partial charge in [-0.1, -0.05) is 6.07 Å². The SMILES string of the molecule is Cc1ncsc1CCC(=O)N1CCC(NC(=O)c2ccccn2)C(O)C1. The summed E-state index contributed by atoms with van der Waals surface area (Å²) in [6, 6.07) is 4.73. The number of pyridine rings is 1. The Kier molecular flexibility index (Phi) is 5.95. The topological polar surface area (TPSA) is 95.4 Å². The largest absolute Gasteiger partial charge is 0.389 e. The van der Waals surface area contributed by atoms with Crippen LogP contribution in [0.25, 0.3) is 0 Å². The van der Waals surface area contributed by atoms with Gasteiger partial charge in [-0.2, -0.15) is 0 Å². The summed E-state index contributed by atoms with van der Waals surface area (Å²) in [6.07, 6.45) is 2.36. The van der Waals surface area contributed by atoms with Crippen molar-refractivity contribution in [1.29, 1.82) is 0 Å². The minimum atomic E-state index is -0.787. The van der Waals surface area contributed by atoms with E-state index >= 15 is 0 Å². The number of β-amino-alcohol motifs (C(OH)–C–C–N with tert-alkyl or cyclic N) is 1. The number of hydrogen-bond donors (Lipinski definition) is 2. The van der Waals surface area contributed by atoms with Crippen LogP contribution in [0.15, 0.2) is 29.9 Å². The number of aryl methyl sites for hydroxylation is 2. The molecule has 0 saturated carbocycles. The van der Waals surface area contributed by atoms with E-state index in [0.717, 1.165) is 10.6 Å². The van der Waals surface area contributed by atoms with E-state index in [2.05, 4.69) is 15.3 Å². The number of piperidine rings is 1. The van der Waals surface area contributed by atoms with E-state index in [9.17, 15) is 14.7 Å². The molecule has 1 fully saturated rings. The van der Waals surface area contributed by atoms with Crippen LogP contribution in [0.1, 0.15) is 33.9 Å². The Hall–Kier alpha value is -2.32. The number of nitrogens with one attached hydrogen (secondary N) is 1. The summed E-state index contributed by atoms with van der Waals surface area (Å²) in [4.78, 5) is 35.6. The van der Waals surface area contributed by atoms with Crippen molar-refractivity contribution in [1.82, 2.24) is 20.2 Å². The summed E-state index contributed by atoms with van der Waals surface area (Å²) in [5, 5.41) is 13.2. The third-order valence-corrected chi connectivity index (χ3v) is 5.55. The lowest BCUT2D eigenvalue weighted by Gasteiger charge is -2.36. The van der Waals surface area contributed by atoms with Gasteiger partial charge in [0.15, 0.2) is 0 Å². The summed E-state index contributed by atoms with van der Waals surface area (Å²) in [5.74, 6) is -0.290. The monoisotopic (exact) mass is 374 g/mol. The Morgan fingerprint density at radius 1 is 1.38 bits per heavy atom. The van der Waals surface area contributed by atoms with Crippen molar-refractivity contribution in [2.24, 2.45) is 0 Å². The molecular weight excluding hydrogens is 352 g/mol. The standard InChI is InChI=1S/C18H22N4O3S/c1-12-16(26-11-20-12)5-6-17(24)22-9-7-13(15(23)10-22)21-18(25)14-4-2-3-8-19-14/h2-4,8,11,13,15,23H,5-7,9-10H2,1H3,(H,21,25). The van der Waals surface area contributed by atoms with E-state index in [1.54, 1.807) is 46.1 Å². The fourth-order valence-electron chi connectivity index (χ4n) is 3.01. The van der Waals surface area contributed by atoms with Crippen LogP contribution in [0.5, 0.6) is 0 Å². The van der Waals surface area contributed by atoms with Crippen molar-refractivity contribution in [3.05, 3.63) is 46.2 Å². The summed E-state index contributed by atoms with van der Waals surface area (Å²) < 4.78 is 0. The third-order valence-electron chi connectivity index (χ3n) is 4.56. The fraction of sp³-hybridized carbons (Fsp3) is 0.444. The van der Waals surface area contributed by atoms with Crippen molar-refractivity contribution in [2.45, 2.75) is 38.3 Å². The minimum Gasteiger partial charge on any atom is -0.389 e. The number of aliphatic hydroxyl groups is 1. The zero-order valence-electron chi connectivity index (χ0n) is 14.6. The molecule has 2 amide bonds. The van der Waals surface area contributed by atoms with Crippen LogP contribution in [-0.2, 0) is 11.2 Å². The van der Waals surface area contributed by atoms with Gasteiger partial charge in [-0.05, 0) is 31.9 Å². The van der Waals surface area contributed by atoms with Crippen LogP contribution in [0.3, 0.4) is 0 Å². The highest BCUT2D eigenvalue weighted by Gasteiger charge is 2.31. The Morgan fingerprint density at radius 2 is 2.23 bits per heavy atom. The Morgan fingerprint density at radius 3 is 2.88 bits per heavy atom. The second-order valence-corrected chi connectivity index (χ2v) is 7.29. The van der Waals surface area contributed by atoms with Gasteiger partial charge >= 0.3 is 0 Å². The summed E-state index contributed by atoms with van der Waals surface area (Å²) in [5.41, 5.74) is 3.08. The van der Waals surface area contributed by atoms with E-state index in [1.807, 2.05) is 6.92 Å². The van der Waals surface area contributed by atoms with Gasteiger partial charge in [-0.15, -0.1) is 11.3 Å². The van der Waals surface area contributed by atoms with Gasteiger partial charge in [0, 0.05) is 30.6 Å². The lowest BCUT2D eigenvalue weighted by Crippen LogP contribution is -2.55. The van der Waals surface area contributed by atoms with E-state index in [-0.39, 0.29) is 24.4 Å². The van der Waals surface area contributed by atoms with Crippen LogP contribution < -0.4 is 5.32 Å². The Labute approximate surface area is 156 Å². The maximum absolute atomic E-state index is 12.4. The number of rotatable bonds is 5. The van der Waals surface area contributed by atoms with E-state index in [1.165, 1.54) is 0 Å². The summed E-state index contributed by atoms with van der Waals surface area (Å²) in [7, 11) is 0. The van der Waals surface area contributed by atoms with Gasteiger partial charge < -0.3 is 15.3 Å². The molecule has 138 valence electrons. The second-order valence-electron chi connectivity index (χ2n) is 6.35. The highest BCUT2D eigenvalue weighted by atomic mass is 32.1. The number of aromatic nitrogens is 2. The molecule has 3 heterocycles. The van der Waals surface area contributed by atoms with Crippen molar-refractivity contribution >= 4 is 23.2 Å². The number of thiazole rings is 1. The second kappa shape index (κ2) is 8.37. The van der Waals surface area contributed by atoms with Gasteiger partial charge in [0.05, 0.1) is 23.4 Å². The fourth-order valence-corrected chi connectivity index (χ4v) is 3.79. The van der Waals surface area contributed by atoms with Gasteiger partial charge in [-0.25, -0.2) is 4.98 Å². The highest BCUT2D eigenvalue weighted by Crippen LogP contribution is 2.17. The van der Waals surface area contributed by atoms with Crippen molar-refractivity contribution in [3.63, 3.8) is 0 Å². The normalized spacial score (nSPS) is 20.0. The maximum Gasteiger partial charge on any atom is 0.270 e. The molecule has 2 aromatic heterocycles. The lowest BCUT2D eigenvalue weighted by atomic mass is 10.0. The van der Waals surface area contributed by atoms with Gasteiger partial charge in [-0.3, -0.25) is 14.6 Å². The number of nitrogens with zero attached hydrogens (tertiary/aromatic N) is 3. The zero-order valence-corrected chi connectivity index (χ0v) is 15.4. The molecule has 2 N–H and O–H groups in total. The average Bonchev–Trinajstić information content (AvgIpc) is 3.07. The molecule has 0 aromatic carbocycles. The minimum absolute atomic E-state index is 0.0198. The molecule has 2 aromatic rings. The molecule has 1 aliphatic rings. The quantitative estimate of drug-likeness (QED) is 0.819. The smallest absolute Gasteiger partial charge is 0.270 e. The van der Waals surface area contributed by atoms with Crippen LogP contribution in [0, 0.1) is 6.92 Å². The zero-order chi connectivity index (χ0) is 18.5. The molecule has 0 spiro atoms. The molecule has 3 rings (SSSR count). The molecule has 2 unspecified atom stereocenters. The molecule has 26 heavy (non-hydrogen) atoms. The first kappa shape index (κ1) is 18.5. The average molecular weight is 374 g/mol. The van der Waals surface area contributed by atoms with E-state index in [0.29, 0.717) is 31.5 Å². The van der Waals surface area contributed by atoms with Gasteiger partial charge in [0.25, 0.3) is 5.91 Å². The predicted octanol–water partition coefficient (Wildman–Crippen LogP) is 1.17. The number of amides is 2. The van der Waals surface area contributed by atoms with Crippen LogP contribution >= 0.6 is 11.3 Å². The number of hydrogen-bond acceptors (Lipinski definition) is 6. The highest BCUT2D eigenvalue weighted by molar-refractivity contribution is 7.09. The first-order valence-corrected chi connectivity index (χ1v) is 9.49. The summed E-state index contributed by atoms with van der Waals surface area (Å²) in [6.45, 7) is 2.69. The molecule has 0 aliphatic carbocycles. The number of carbonyl (C=O) groups is 2. The van der Waals surface area contributed by atoms with Gasteiger partial charge in [0.2, 0.25) is 5.91 Å². The molecule has 1 saturated heterocycles. The van der Waals surface area contributed by atoms with Crippen LogP contribution in [0.2, 0.25) is 0 Å². The van der Waals surface area contributed by atoms with Crippen LogP contribution in [0.4, 0.5) is 0 Å². The Bertz CT molecular complexity index is 765. The van der Waals surface area contributed by atoms with Gasteiger partial charge in [0.1, 0.15) is 5.69 Å². The predicted molar refractivity (Wildman–Crippen MR) is 97.9 cm³/mol. The van der Waals surface area contributed by atoms with Crippen molar-refractivity contribution < 1.29 is 14.7 Å².